The number of rotatable bonds is 3. The maximum Gasteiger partial charge on any atom is 0.276 e. The Labute approximate surface area is 144 Å². The van der Waals surface area contributed by atoms with Crippen molar-refractivity contribution in [1.29, 1.82) is 0 Å². The topological polar surface area (TPSA) is 58.1 Å². The van der Waals surface area contributed by atoms with E-state index >= 15 is 0 Å². The predicted molar refractivity (Wildman–Crippen MR) is 93.5 cm³/mol. The number of anilines is 3. The van der Waals surface area contributed by atoms with Gasteiger partial charge in [-0.3, -0.25) is 4.79 Å². The van der Waals surface area contributed by atoms with Crippen LogP contribution in [0.3, 0.4) is 0 Å². The summed E-state index contributed by atoms with van der Waals surface area (Å²) in [6, 6.07) is 17.3. The van der Waals surface area contributed by atoms with E-state index in [4.69, 9.17) is 0 Å². The molecule has 1 N–H and O–H groups in total. The Hall–Kier alpha value is -3.28. The quantitative estimate of drug-likeness (QED) is 0.796. The molecule has 0 fully saturated rings. The molecule has 0 unspecified atom stereocenters. The summed E-state index contributed by atoms with van der Waals surface area (Å²) in [6.45, 7) is 0.836. The molecule has 0 spiro atoms. The van der Waals surface area contributed by atoms with Crippen LogP contribution in [-0.4, -0.2) is 22.6 Å². The van der Waals surface area contributed by atoms with Crippen molar-refractivity contribution in [3.05, 3.63) is 77.7 Å². The molecule has 2 aromatic carbocycles. The van der Waals surface area contributed by atoms with Gasteiger partial charge >= 0.3 is 0 Å². The lowest BCUT2D eigenvalue weighted by Gasteiger charge is -2.17. The van der Waals surface area contributed by atoms with Gasteiger partial charge in [0.15, 0.2) is 11.5 Å². The van der Waals surface area contributed by atoms with Gasteiger partial charge in [-0.15, -0.1) is 10.2 Å². The van der Waals surface area contributed by atoms with E-state index in [1.807, 2.05) is 12.1 Å². The summed E-state index contributed by atoms with van der Waals surface area (Å²) in [7, 11) is 0. The van der Waals surface area contributed by atoms with Crippen molar-refractivity contribution in [2.75, 3.05) is 16.8 Å². The van der Waals surface area contributed by atoms with E-state index in [9.17, 15) is 9.18 Å². The number of amides is 1. The van der Waals surface area contributed by atoms with Gasteiger partial charge in [-0.1, -0.05) is 24.3 Å². The number of aromatic nitrogens is 2. The van der Waals surface area contributed by atoms with Crippen molar-refractivity contribution in [1.82, 2.24) is 10.2 Å². The van der Waals surface area contributed by atoms with Crippen molar-refractivity contribution in [2.45, 2.75) is 6.42 Å². The van der Waals surface area contributed by atoms with Gasteiger partial charge in [-0.05, 0) is 48.4 Å². The first-order valence-electron chi connectivity index (χ1n) is 7.97. The lowest BCUT2D eigenvalue weighted by atomic mass is 10.2. The largest absolute Gasteiger partial charge is 0.324 e. The molecule has 1 aromatic heterocycles. The SMILES string of the molecule is O=C(Nc1cccc(F)c1)c1ccc(N2CCc3ccccc32)nn1. The molecule has 4 rings (SSSR count). The van der Waals surface area contributed by atoms with Gasteiger partial charge in [0, 0.05) is 17.9 Å². The molecule has 25 heavy (non-hydrogen) atoms. The molecule has 5 nitrogen and oxygen atoms in total. The van der Waals surface area contributed by atoms with Crippen LogP contribution >= 0.6 is 0 Å². The number of para-hydroxylation sites is 1. The van der Waals surface area contributed by atoms with Gasteiger partial charge in [0.2, 0.25) is 0 Å². The standard InChI is InChI=1S/C19H15FN4O/c20-14-5-3-6-15(12-14)21-19(25)16-8-9-18(23-22-16)24-11-10-13-4-1-2-7-17(13)24/h1-9,12H,10-11H2,(H,21,25). The Kier molecular flexibility index (Phi) is 3.85. The van der Waals surface area contributed by atoms with Crippen molar-refractivity contribution in [2.24, 2.45) is 0 Å². The van der Waals surface area contributed by atoms with Crippen LogP contribution in [0, 0.1) is 5.82 Å². The van der Waals surface area contributed by atoms with E-state index in [0.29, 0.717) is 11.5 Å². The van der Waals surface area contributed by atoms with Crippen LogP contribution < -0.4 is 10.2 Å². The van der Waals surface area contributed by atoms with Gasteiger partial charge in [0.05, 0.1) is 0 Å². The molecule has 0 aliphatic carbocycles. The summed E-state index contributed by atoms with van der Waals surface area (Å²) in [6.07, 6.45) is 0.958. The summed E-state index contributed by atoms with van der Waals surface area (Å²) in [5.41, 5.74) is 2.95. The van der Waals surface area contributed by atoms with Crippen LogP contribution in [0.15, 0.2) is 60.7 Å². The number of hydrogen-bond acceptors (Lipinski definition) is 4. The normalized spacial score (nSPS) is 12.8. The van der Waals surface area contributed by atoms with Crippen LogP contribution in [0.4, 0.5) is 21.6 Å². The summed E-state index contributed by atoms with van der Waals surface area (Å²) >= 11 is 0. The summed E-state index contributed by atoms with van der Waals surface area (Å²) < 4.78 is 13.2. The molecule has 0 saturated heterocycles. The molecule has 0 radical (unpaired) electrons. The highest BCUT2D eigenvalue weighted by atomic mass is 19.1. The molecule has 0 atom stereocenters. The second kappa shape index (κ2) is 6.32. The Balaban J connectivity index is 1.52. The highest BCUT2D eigenvalue weighted by Crippen LogP contribution is 2.32. The van der Waals surface area contributed by atoms with E-state index in [1.165, 1.54) is 23.8 Å². The lowest BCUT2D eigenvalue weighted by Crippen LogP contribution is -2.18. The Morgan fingerprint density at radius 1 is 1.04 bits per heavy atom. The fourth-order valence-electron chi connectivity index (χ4n) is 2.93. The second-order valence-electron chi connectivity index (χ2n) is 5.77. The second-order valence-corrected chi connectivity index (χ2v) is 5.77. The number of carbonyl (C=O) groups is 1. The van der Waals surface area contributed by atoms with Gasteiger partial charge in [0.25, 0.3) is 5.91 Å². The van der Waals surface area contributed by atoms with Gasteiger partial charge in [-0.2, -0.15) is 0 Å². The third-order valence-corrected chi connectivity index (χ3v) is 4.13. The maximum absolute atomic E-state index is 13.2. The van der Waals surface area contributed by atoms with E-state index in [0.717, 1.165) is 18.7 Å². The molecule has 0 saturated carbocycles. The highest BCUT2D eigenvalue weighted by molar-refractivity contribution is 6.02. The fraction of sp³-hybridized carbons (Fsp3) is 0.105. The van der Waals surface area contributed by atoms with Crippen molar-refractivity contribution in [3.63, 3.8) is 0 Å². The van der Waals surface area contributed by atoms with Crippen LogP contribution in [0.2, 0.25) is 0 Å². The van der Waals surface area contributed by atoms with Gasteiger partial charge in [-0.25, -0.2) is 4.39 Å². The zero-order valence-electron chi connectivity index (χ0n) is 13.3. The molecule has 3 aromatic rings. The first-order valence-corrected chi connectivity index (χ1v) is 7.97. The molecule has 0 bridgehead atoms. The van der Waals surface area contributed by atoms with Crippen molar-refractivity contribution >= 4 is 23.1 Å². The summed E-state index contributed by atoms with van der Waals surface area (Å²) in [5.74, 6) is -0.134. The third kappa shape index (κ3) is 3.06. The Bertz CT molecular complexity index is 927. The van der Waals surface area contributed by atoms with E-state index in [1.54, 1.807) is 18.2 Å². The van der Waals surface area contributed by atoms with Crippen molar-refractivity contribution in [3.8, 4) is 0 Å². The zero-order chi connectivity index (χ0) is 17.2. The zero-order valence-corrected chi connectivity index (χ0v) is 13.3. The van der Waals surface area contributed by atoms with Crippen LogP contribution in [0.1, 0.15) is 16.1 Å². The minimum atomic E-state index is -0.425. The predicted octanol–water partition coefficient (Wildman–Crippen LogP) is 3.56. The number of fused-ring (bicyclic) bond motifs is 1. The molecule has 1 amide bonds. The summed E-state index contributed by atoms with van der Waals surface area (Å²) in [5, 5.41) is 10.8. The van der Waals surface area contributed by atoms with Gasteiger partial charge < -0.3 is 10.2 Å². The minimum Gasteiger partial charge on any atom is -0.324 e. The molecule has 6 heteroatoms. The molecular formula is C19H15FN4O. The number of halogens is 1. The van der Waals surface area contributed by atoms with Crippen LogP contribution in [0.25, 0.3) is 0 Å². The lowest BCUT2D eigenvalue weighted by molar-refractivity contribution is 0.102. The average Bonchev–Trinajstić information content (AvgIpc) is 3.06. The van der Waals surface area contributed by atoms with Gasteiger partial charge in [0.1, 0.15) is 5.82 Å². The van der Waals surface area contributed by atoms with Crippen LogP contribution in [0.5, 0.6) is 0 Å². The molecule has 1 aliphatic rings. The first kappa shape index (κ1) is 15.3. The van der Waals surface area contributed by atoms with E-state index in [2.05, 4.69) is 32.5 Å². The molecular weight excluding hydrogens is 319 g/mol. The average molecular weight is 334 g/mol. The van der Waals surface area contributed by atoms with Crippen molar-refractivity contribution < 1.29 is 9.18 Å². The van der Waals surface area contributed by atoms with E-state index < -0.39 is 11.7 Å². The van der Waals surface area contributed by atoms with E-state index in [-0.39, 0.29) is 5.69 Å². The summed E-state index contributed by atoms with van der Waals surface area (Å²) in [4.78, 5) is 14.3. The smallest absolute Gasteiger partial charge is 0.276 e. The third-order valence-electron chi connectivity index (χ3n) is 4.13. The molecule has 1 aliphatic heterocycles. The number of benzene rings is 2. The number of hydrogen-bond donors (Lipinski definition) is 1. The van der Waals surface area contributed by atoms with Crippen LogP contribution in [-0.2, 0) is 6.42 Å². The highest BCUT2D eigenvalue weighted by Gasteiger charge is 2.21. The monoisotopic (exact) mass is 334 g/mol. The minimum absolute atomic E-state index is 0.181. The fourth-order valence-corrected chi connectivity index (χ4v) is 2.93. The number of nitrogens with one attached hydrogen (secondary N) is 1. The maximum atomic E-state index is 13.2. The number of carbonyl (C=O) groups excluding carboxylic acids is 1. The Morgan fingerprint density at radius 2 is 1.92 bits per heavy atom. The molecule has 124 valence electrons. The first-order chi connectivity index (χ1) is 12.2. The Morgan fingerprint density at radius 3 is 2.72 bits per heavy atom. The number of nitrogens with zero attached hydrogens (tertiary/aromatic N) is 3. The molecule has 2 heterocycles.